The molecule has 0 aliphatic carbocycles. The first kappa shape index (κ1) is 9.65. The van der Waals surface area contributed by atoms with Crippen LogP contribution in [0.2, 0.25) is 0 Å². The Morgan fingerprint density at radius 1 is 1.69 bits per heavy atom. The van der Waals surface area contributed by atoms with Gasteiger partial charge in [0.1, 0.15) is 0 Å². The van der Waals surface area contributed by atoms with E-state index in [2.05, 4.69) is 33.9 Å². The van der Waals surface area contributed by atoms with Gasteiger partial charge in [0.15, 0.2) is 0 Å². The highest BCUT2D eigenvalue weighted by Crippen LogP contribution is 2.36. The number of ether oxygens (including phenoxy) is 1. The van der Waals surface area contributed by atoms with Crippen LogP contribution in [0.4, 0.5) is 0 Å². The monoisotopic (exact) mass is 261 g/mol. The van der Waals surface area contributed by atoms with Crippen molar-refractivity contribution in [2.45, 2.75) is 12.6 Å². The molecule has 0 spiro atoms. The molecule has 0 saturated carbocycles. The molecule has 72 valence electrons. The van der Waals surface area contributed by atoms with Gasteiger partial charge in [-0.15, -0.1) is 11.3 Å². The lowest BCUT2D eigenvalue weighted by atomic mass is 10.1. The van der Waals surface area contributed by atoms with Gasteiger partial charge in [-0.05, 0) is 34.6 Å². The van der Waals surface area contributed by atoms with Crippen LogP contribution in [0.3, 0.4) is 0 Å². The Balaban J connectivity index is 2.36. The average molecular weight is 262 g/mol. The molecule has 1 aliphatic heterocycles. The first-order chi connectivity index (χ1) is 6.20. The van der Waals surface area contributed by atoms with Gasteiger partial charge in [0, 0.05) is 25.1 Å². The Labute approximate surface area is 90.6 Å². The fraction of sp³-hybridized carbons (Fsp3) is 0.556. The summed E-state index contributed by atoms with van der Waals surface area (Å²) in [4.78, 5) is 3.71. The summed E-state index contributed by atoms with van der Waals surface area (Å²) >= 11 is 5.32. The molecule has 0 aromatic carbocycles. The van der Waals surface area contributed by atoms with E-state index in [1.54, 1.807) is 7.11 Å². The van der Waals surface area contributed by atoms with Gasteiger partial charge in [0.05, 0.1) is 9.89 Å². The highest BCUT2D eigenvalue weighted by molar-refractivity contribution is 9.11. The van der Waals surface area contributed by atoms with E-state index >= 15 is 0 Å². The van der Waals surface area contributed by atoms with Crippen molar-refractivity contribution in [1.29, 1.82) is 0 Å². The molecule has 0 amide bonds. The average Bonchev–Trinajstić information content (AvgIpc) is 2.43. The van der Waals surface area contributed by atoms with Gasteiger partial charge >= 0.3 is 0 Å². The molecule has 0 radical (unpaired) electrons. The number of likely N-dealkylation sites (N-methyl/N-ethyl adjacent to an activating group) is 1. The normalized spacial score (nSPS) is 23.2. The van der Waals surface area contributed by atoms with Crippen molar-refractivity contribution < 1.29 is 4.74 Å². The van der Waals surface area contributed by atoms with Crippen LogP contribution in [0.5, 0.6) is 0 Å². The summed E-state index contributed by atoms with van der Waals surface area (Å²) < 4.78 is 6.65. The second-order valence-corrected chi connectivity index (χ2v) is 5.87. The third-order valence-corrected chi connectivity index (χ3v) is 3.97. The minimum absolute atomic E-state index is 0.247. The molecule has 2 heterocycles. The minimum Gasteiger partial charge on any atom is -0.375 e. The molecule has 1 atom stereocenters. The Bertz CT molecular complexity index is 313. The van der Waals surface area contributed by atoms with Crippen LogP contribution >= 0.6 is 27.3 Å². The van der Waals surface area contributed by atoms with E-state index in [1.165, 1.54) is 14.2 Å². The molecule has 2 nitrogen and oxygen atoms in total. The van der Waals surface area contributed by atoms with Crippen LogP contribution in [0.1, 0.15) is 16.5 Å². The van der Waals surface area contributed by atoms with Gasteiger partial charge in [-0.2, -0.15) is 0 Å². The van der Waals surface area contributed by atoms with Crippen molar-refractivity contribution >= 4 is 27.3 Å². The zero-order valence-electron chi connectivity index (χ0n) is 7.71. The third-order valence-electron chi connectivity index (χ3n) is 2.33. The summed E-state index contributed by atoms with van der Waals surface area (Å²) in [6.07, 6.45) is 0.247. The quantitative estimate of drug-likeness (QED) is 0.771. The molecular weight excluding hydrogens is 250 g/mol. The van der Waals surface area contributed by atoms with Crippen LogP contribution in [0, 0.1) is 0 Å². The number of nitrogens with zero attached hydrogens (tertiary/aromatic N) is 1. The summed E-state index contributed by atoms with van der Waals surface area (Å²) in [5.74, 6) is 0. The molecule has 4 heteroatoms. The minimum atomic E-state index is 0.247. The van der Waals surface area contributed by atoms with Crippen molar-refractivity contribution in [3.63, 3.8) is 0 Å². The van der Waals surface area contributed by atoms with Gasteiger partial charge in [-0.3, -0.25) is 4.90 Å². The molecule has 1 aromatic rings. The fourth-order valence-corrected chi connectivity index (χ4v) is 3.54. The van der Waals surface area contributed by atoms with Gasteiger partial charge in [0.25, 0.3) is 0 Å². The Morgan fingerprint density at radius 2 is 2.46 bits per heavy atom. The lowest BCUT2D eigenvalue weighted by Gasteiger charge is -2.28. The number of fused-ring (bicyclic) bond motifs is 1. The Kier molecular flexibility index (Phi) is 2.74. The van der Waals surface area contributed by atoms with E-state index in [0.29, 0.717) is 0 Å². The van der Waals surface area contributed by atoms with Crippen LogP contribution in [0.25, 0.3) is 0 Å². The molecule has 0 N–H and O–H groups in total. The van der Waals surface area contributed by atoms with E-state index in [9.17, 15) is 0 Å². The van der Waals surface area contributed by atoms with Crippen LogP contribution < -0.4 is 0 Å². The zero-order chi connectivity index (χ0) is 9.42. The van der Waals surface area contributed by atoms with Crippen molar-refractivity contribution in [2.24, 2.45) is 0 Å². The molecular formula is C9H12BrNOS. The fourth-order valence-electron chi connectivity index (χ4n) is 1.70. The standard InChI is InChI=1S/C9H12BrNOS/c1-11-4-7(12-2)6-3-9(10)13-8(6)5-11/h3,7H,4-5H2,1-2H3. The van der Waals surface area contributed by atoms with Crippen molar-refractivity contribution in [1.82, 2.24) is 4.90 Å². The first-order valence-corrected chi connectivity index (χ1v) is 5.81. The molecule has 0 bridgehead atoms. The van der Waals surface area contributed by atoms with E-state index in [4.69, 9.17) is 4.74 Å². The van der Waals surface area contributed by atoms with Crippen molar-refractivity contribution in [3.8, 4) is 0 Å². The highest BCUT2D eigenvalue weighted by Gasteiger charge is 2.24. The van der Waals surface area contributed by atoms with Gasteiger partial charge in [-0.25, -0.2) is 0 Å². The topological polar surface area (TPSA) is 12.5 Å². The van der Waals surface area contributed by atoms with E-state index in [-0.39, 0.29) is 6.10 Å². The maximum Gasteiger partial charge on any atom is 0.0959 e. The highest BCUT2D eigenvalue weighted by atomic mass is 79.9. The Hall–Kier alpha value is 0.100. The summed E-state index contributed by atoms with van der Waals surface area (Å²) in [6.45, 7) is 2.04. The molecule has 0 saturated heterocycles. The molecule has 1 unspecified atom stereocenters. The molecule has 0 fully saturated rings. The van der Waals surface area contributed by atoms with Gasteiger partial charge in [-0.1, -0.05) is 0 Å². The zero-order valence-corrected chi connectivity index (χ0v) is 10.1. The van der Waals surface area contributed by atoms with Gasteiger partial charge in [0.2, 0.25) is 0 Å². The largest absolute Gasteiger partial charge is 0.375 e. The van der Waals surface area contributed by atoms with E-state index in [1.807, 2.05) is 11.3 Å². The predicted molar refractivity (Wildman–Crippen MR) is 58.1 cm³/mol. The molecule has 1 aromatic heterocycles. The summed E-state index contributed by atoms with van der Waals surface area (Å²) in [7, 11) is 3.90. The van der Waals surface area contributed by atoms with E-state index < -0.39 is 0 Å². The summed E-state index contributed by atoms with van der Waals surface area (Å²) in [6, 6.07) is 2.18. The maximum atomic E-state index is 5.45. The SMILES string of the molecule is COC1CN(C)Cc2sc(Br)cc21. The maximum absolute atomic E-state index is 5.45. The van der Waals surface area contributed by atoms with Crippen molar-refractivity contribution in [3.05, 3.63) is 20.3 Å². The molecule has 2 rings (SSSR count). The predicted octanol–water partition coefficient (Wildman–Crippen LogP) is 2.64. The number of thiophene rings is 1. The third kappa shape index (κ3) is 1.81. The molecule has 1 aliphatic rings. The Morgan fingerprint density at radius 3 is 3.15 bits per heavy atom. The lowest BCUT2D eigenvalue weighted by molar-refractivity contribution is 0.0590. The number of halogens is 1. The number of rotatable bonds is 1. The number of methoxy groups -OCH3 is 1. The van der Waals surface area contributed by atoms with E-state index in [0.717, 1.165) is 13.1 Å². The smallest absolute Gasteiger partial charge is 0.0959 e. The summed E-state index contributed by atoms with van der Waals surface area (Å²) in [5.41, 5.74) is 1.36. The van der Waals surface area contributed by atoms with Crippen LogP contribution in [0.15, 0.2) is 9.85 Å². The lowest BCUT2D eigenvalue weighted by Crippen LogP contribution is -2.29. The van der Waals surface area contributed by atoms with Gasteiger partial charge < -0.3 is 4.74 Å². The number of hydrogen-bond acceptors (Lipinski definition) is 3. The second kappa shape index (κ2) is 3.69. The van der Waals surface area contributed by atoms with Crippen molar-refractivity contribution in [2.75, 3.05) is 20.7 Å². The number of hydrogen-bond donors (Lipinski definition) is 0. The summed E-state index contributed by atoms with van der Waals surface area (Å²) in [5, 5.41) is 0. The van der Waals surface area contributed by atoms with Crippen LogP contribution in [-0.2, 0) is 11.3 Å². The second-order valence-electron chi connectivity index (χ2n) is 3.35. The molecule has 13 heavy (non-hydrogen) atoms. The van der Waals surface area contributed by atoms with Crippen LogP contribution in [-0.4, -0.2) is 25.6 Å². The first-order valence-electron chi connectivity index (χ1n) is 4.20.